The number of rotatable bonds is 3. The zero-order chi connectivity index (χ0) is 14.1. The summed E-state index contributed by atoms with van der Waals surface area (Å²) < 4.78 is 0.877. The molecule has 2 aliphatic rings. The van der Waals surface area contributed by atoms with Crippen molar-refractivity contribution in [1.82, 2.24) is 10.3 Å². The molecule has 3 rings (SSSR count). The molecule has 2 fully saturated rings. The van der Waals surface area contributed by atoms with Crippen molar-refractivity contribution in [3.05, 3.63) is 21.8 Å². The lowest BCUT2D eigenvalue weighted by Crippen LogP contribution is -2.48. The number of pyridine rings is 1. The number of amides is 1. The first-order valence-electron chi connectivity index (χ1n) is 7.00. The SMILES string of the molecule is O=C(NC1CCCN(c2ncc(Br)cc2Cl)C1)C1CC1. The second kappa shape index (κ2) is 5.90. The third kappa shape index (κ3) is 3.26. The lowest BCUT2D eigenvalue weighted by molar-refractivity contribution is -0.123. The van der Waals surface area contributed by atoms with E-state index < -0.39 is 0 Å². The highest BCUT2D eigenvalue weighted by Crippen LogP contribution is 2.30. The van der Waals surface area contributed by atoms with Gasteiger partial charge in [-0.25, -0.2) is 4.98 Å². The van der Waals surface area contributed by atoms with Crippen LogP contribution in [0, 0.1) is 5.92 Å². The summed E-state index contributed by atoms with van der Waals surface area (Å²) in [7, 11) is 0. The maximum Gasteiger partial charge on any atom is 0.223 e. The van der Waals surface area contributed by atoms with Crippen molar-refractivity contribution in [1.29, 1.82) is 0 Å². The highest BCUT2D eigenvalue weighted by molar-refractivity contribution is 9.10. The molecule has 0 spiro atoms. The molecule has 6 heteroatoms. The average molecular weight is 359 g/mol. The fraction of sp³-hybridized carbons (Fsp3) is 0.571. The van der Waals surface area contributed by atoms with Gasteiger partial charge in [-0.2, -0.15) is 0 Å². The van der Waals surface area contributed by atoms with Crippen molar-refractivity contribution in [2.75, 3.05) is 18.0 Å². The molecule has 1 aliphatic carbocycles. The molecule has 1 aromatic rings. The molecule has 1 aromatic heterocycles. The molecule has 20 heavy (non-hydrogen) atoms. The first-order valence-corrected chi connectivity index (χ1v) is 8.17. The fourth-order valence-corrected chi connectivity index (χ4v) is 3.34. The molecular formula is C14H17BrClN3O. The smallest absolute Gasteiger partial charge is 0.223 e. The fourth-order valence-electron chi connectivity index (χ4n) is 2.59. The quantitative estimate of drug-likeness (QED) is 0.903. The molecule has 1 unspecified atom stereocenters. The van der Waals surface area contributed by atoms with Crippen LogP contribution < -0.4 is 10.2 Å². The van der Waals surface area contributed by atoms with Crippen molar-refractivity contribution in [3.8, 4) is 0 Å². The maximum absolute atomic E-state index is 11.9. The predicted octanol–water partition coefficient (Wildman–Crippen LogP) is 2.99. The third-order valence-electron chi connectivity index (χ3n) is 3.80. The van der Waals surface area contributed by atoms with Crippen LogP contribution in [0.1, 0.15) is 25.7 Å². The lowest BCUT2D eigenvalue weighted by atomic mass is 10.1. The van der Waals surface area contributed by atoms with E-state index in [0.717, 1.165) is 49.1 Å². The predicted molar refractivity (Wildman–Crippen MR) is 83.0 cm³/mol. The zero-order valence-corrected chi connectivity index (χ0v) is 13.5. The molecule has 0 aromatic carbocycles. The number of anilines is 1. The molecule has 108 valence electrons. The minimum Gasteiger partial charge on any atom is -0.353 e. The van der Waals surface area contributed by atoms with Crippen molar-refractivity contribution in [3.63, 3.8) is 0 Å². The van der Waals surface area contributed by atoms with E-state index in [2.05, 4.69) is 31.1 Å². The topological polar surface area (TPSA) is 45.2 Å². The van der Waals surface area contributed by atoms with Crippen LogP contribution >= 0.6 is 27.5 Å². The largest absolute Gasteiger partial charge is 0.353 e. The van der Waals surface area contributed by atoms with Gasteiger partial charge in [-0.1, -0.05) is 11.6 Å². The van der Waals surface area contributed by atoms with Crippen LogP contribution in [0.4, 0.5) is 5.82 Å². The van der Waals surface area contributed by atoms with Gasteiger partial charge in [0.05, 0.1) is 5.02 Å². The number of carbonyl (C=O) groups excluding carboxylic acids is 1. The Morgan fingerprint density at radius 1 is 1.45 bits per heavy atom. The van der Waals surface area contributed by atoms with Gasteiger partial charge >= 0.3 is 0 Å². The van der Waals surface area contributed by atoms with Crippen LogP contribution in [0.2, 0.25) is 5.02 Å². The summed E-state index contributed by atoms with van der Waals surface area (Å²) in [6.45, 7) is 1.72. The van der Waals surface area contributed by atoms with Gasteiger partial charge < -0.3 is 10.2 Å². The molecule has 1 amide bonds. The minimum atomic E-state index is 0.207. The third-order valence-corrected chi connectivity index (χ3v) is 4.52. The van der Waals surface area contributed by atoms with Gasteiger partial charge in [-0.15, -0.1) is 0 Å². The van der Waals surface area contributed by atoms with Crippen molar-refractivity contribution < 1.29 is 4.79 Å². The first kappa shape index (κ1) is 14.1. The van der Waals surface area contributed by atoms with Gasteiger partial charge in [0.2, 0.25) is 5.91 Å². The van der Waals surface area contributed by atoms with Crippen LogP contribution in [0.25, 0.3) is 0 Å². The summed E-state index contributed by atoms with van der Waals surface area (Å²) in [6, 6.07) is 2.06. The Balaban J connectivity index is 1.66. The normalized spacial score (nSPS) is 22.7. The van der Waals surface area contributed by atoms with E-state index in [0.29, 0.717) is 5.02 Å². The van der Waals surface area contributed by atoms with Gasteiger partial charge in [0.1, 0.15) is 5.82 Å². The second-order valence-corrected chi connectivity index (χ2v) is 6.85. The Bertz CT molecular complexity index is 521. The Morgan fingerprint density at radius 2 is 2.25 bits per heavy atom. The van der Waals surface area contributed by atoms with E-state index in [-0.39, 0.29) is 17.9 Å². The standard InChI is InChI=1S/C14H17BrClN3O/c15-10-6-12(16)13(17-7-10)19-5-1-2-11(8-19)18-14(20)9-3-4-9/h6-7,9,11H,1-5,8H2,(H,18,20). The Hall–Kier alpha value is -0.810. The van der Waals surface area contributed by atoms with Crippen LogP contribution in [0.5, 0.6) is 0 Å². The highest BCUT2D eigenvalue weighted by Gasteiger charge is 2.32. The Kier molecular flexibility index (Phi) is 4.17. The van der Waals surface area contributed by atoms with Gasteiger partial charge in [0, 0.05) is 35.7 Å². The van der Waals surface area contributed by atoms with E-state index in [1.807, 2.05) is 6.07 Å². The molecule has 0 radical (unpaired) electrons. The van der Waals surface area contributed by atoms with Gasteiger partial charge in [0.25, 0.3) is 0 Å². The molecule has 4 nitrogen and oxygen atoms in total. The molecule has 1 atom stereocenters. The summed E-state index contributed by atoms with van der Waals surface area (Å²) in [4.78, 5) is 18.4. The average Bonchev–Trinajstić information content (AvgIpc) is 3.23. The van der Waals surface area contributed by atoms with Crippen molar-refractivity contribution >= 4 is 39.3 Å². The van der Waals surface area contributed by atoms with E-state index in [9.17, 15) is 4.79 Å². The van der Waals surface area contributed by atoms with Crippen molar-refractivity contribution in [2.45, 2.75) is 31.7 Å². The second-order valence-electron chi connectivity index (χ2n) is 5.53. The number of halogens is 2. The molecule has 0 bridgehead atoms. The number of hydrogen-bond acceptors (Lipinski definition) is 3. The van der Waals surface area contributed by atoms with Crippen molar-refractivity contribution in [2.24, 2.45) is 5.92 Å². The molecule has 1 N–H and O–H groups in total. The van der Waals surface area contributed by atoms with Crippen LogP contribution in [-0.4, -0.2) is 30.0 Å². The van der Waals surface area contributed by atoms with E-state index in [4.69, 9.17) is 11.6 Å². The minimum absolute atomic E-state index is 0.207. The summed E-state index contributed by atoms with van der Waals surface area (Å²) in [6.07, 6.45) is 5.92. The van der Waals surface area contributed by atoms with E-state index in [1.165, 1.54) is 0 Å². The monoisotopic (exact) mass is 357 g/mol. The molecule has 1 saturated carbocycles. The number of hydrogen-bond donors (Lipinski definition) is 1. The first-order chi connectivity index (χ1) is 9.63. The van der Waals surface area contributed by atoms with E-state index in [1.54, 1.807) is 6.20 Å². The number of carbonyl (C=O) groups is 1. The maximum atomic E-state index is 11.9. The van der Waals surface area contributed by atoms with Crippen LogP contribution in [-0.2, 0) is 4.79 Å². The van der Waals surface area contributed by atoms with Gasteiger partial charge in [0.15, 0.2) is 0 Å². The number of nitrogens with one attached hydrogen (secondary N) is 1. The summed E-state index contributed by atoms with van der Waals surface area (Å²) in [5.74, 6) is 1.28. The van der Waals surface area contributed by atoms with E-state index >= 15 is 0 Å². The summed E-state index contributed by atoms with van der Waals surface area (Å²) in [5.41, 5.74) is 0. The number of aromatic nitrogens is 1. The van der Waals surface area contributed by atoms with Gasteiger partial charge in [-0.05, 0) is 47.7 Å². The highest BCUT2D eigenvalue weighted by atomic mass is 79.9. The molecular weight excluding hydrogens is 342 g/mol. The summed E-state index contributed by atoms with van der Waals surface area (Å²) in [5, 5.41) is 3.80. The molecule has 1 aliphatic heterocycles. The Labute approximate surface area is 132 Å². The molecule has 2 heterocycles. The number of nitrogens with zero attached hydrogens (tertiary/aromatic N) is 2. The van der Waals surface area contributed by atoms with Crippen LogP contribution in [0.15, 0.2) is 16.7 Å². The summed E-state index contributed by atoms with van der Waals surface area (Å²) >= 11 is 9.62. The molecule has 1 saturated heterocycles. The van der Waals surface area contributed by atoms with Crippen LogP contribution in [0.3, 0.4) is 0 Å². The zero-order valence-electron chi connectivity index (χ0n) is 11.1. The Morgan fingerprint density at radius 3 is 2.95 bits per heavy atom. The number of piperidine rings is 1. The lowest BCUT2D eigenvalue weighted by Gasteiger charge is -2.34. The van der Waals surface area contributed by atoms with Gasteiger partial charge in [-0.3, -0.25) is 4.79 Å².